The highest BCUT2D eigenvalue weighted by Gasteiger charge is 2.47. The molecule has 0 bridgehead atoms. The summed E-state index contributed by atoms with van der Waals surface area (Å²) in [4.78, 5) is 24.8. The number of carboxylic acids is 1. The Morgan fingerprint density at radius 3 is 2.50 bits per heavy atom. The number of fused-ring (bicyclic) bond motifs is 1. The fourth-order valence-corrected chi connectivity index (χ4v) is 3.01. The molecule has 1 aliphatic heterocycles. The molecule has 5 nitrogen and oxygen atoms in total. The van der Waals surface area contributed by atoms with Gasteiger partial charge in [-0.1, -0.05) is 0 Å². The van der Waals surface area contributed by atoms with Crippen LogP contribution >= 0.6 is 0 Å². The maximum absolute atomic E-state index is 12.0. The van der Waals surface area contributed by atoms with Gasteiger partial charge in [-0.25, -0.2) is 4.79 Å². The van der Waals surface area contributed by atoms with Gasteiger partial charge in [0.2, 0.25) is 0 Å². The summed E-state index contributed by atoms with van der Waals surface area (Å²) in [5.74, 6) is -0.711. The van der Waals surface area contributed by atoms with Gasteiger partial charge in [-0.2, -0.15) is 0 Å². The smallest absolute Gasteiger partial charge is 0.410 e. The first-order valence-corrected chi connectivity index (χ1v) is 6.50. The molecule has 1 aliphatic carbocycles. The molecule has 0 aromatic rings. The Labute approximate surface area is 107 Å². The minimum Gasteiger partial charge on any atom is -0.481 e. The summed E-state index contributed by atoms with van der Waals surface area (Å²) in [6.45, 7) is 6.21. The Kier molecular flexibility index (Phi) is 3.25. The van der Waals surface area contributed by atoms with Gasteiger partial charge in [0.1, 0.15) is 5.60 Å². The number of hydrogen-bond acceptors (Lipinski definition) is 3. The second-order valence-corrected chi connectivity index (χ2v) is 6.30. The summed E-state index contributed by atoms with van der Waals surface area (Å²) in [6, 6.07) is 0.0564. The molecule has 0 aromatic carbocycles. The average Bonchev–Trinajstić information content (AvgIpc) is 2.71. The number of hydrogen-bond donors (Lipinski definition) is 1. The summed E-state index contributed by atoms with van der Waals surface area (Å²) in [7, 11) is 0. The summed E-state index contributed by atoms with van der Waals surface area (Å²) in [5.41, 5.74) is -0.500. The van der Waals surface area contributed by atoms with Crippen molar-refractivity contribution >= 4 is 12.1 Å². The number of carbonyl (C=O) groups excluding carboxylic acids is 1. The predicted molar refractivity (Wildman–Crippen MR) is 65.2 cm³/mol. The summed E-state index contributed by atoms with van der Waals surface area (Å²) < 4.78 is 5.37. The normalized spacial score (nSPS) is 31.3. The van der Waals surface area contributed by atoms with E-state index in [0.29, 0.717) is 25.3 Å². The van der Waals surface area contributed by atoms with E-state index in [1.807, 2.05) is 20.8 Å². The molecule has 2 fully saturated rings. The Morgan fingerprint density at radius 1 is 1.28 bits per heavy atom. The second-order valence-electron chi connectivity index (χ2n) is 6.30. The summed E-state index contributed by atoms with van der Waals surface area (Å²) >= 11 is 0. The van der Waals surface area contributed by atoms with Crippen LogP contribution in [0.1, 0.15) is 40.0 Å². The minimum atomic E-state index is -0.742. The van der Waals surface area contributed by atoms with Crippen LogP contribution in [0, 0.1) is 11.8 Å². The van der Waals surface area contributed by atoms with Crippen LogP contribution < -0.4 is 0 Å². The van der Waals surface area contributed by atoms with Crippen molar-refractivity contribution in [3.05, 3.63) is 0 Å². The monoisotopic (exact) mass is 255 g/mol. The lowest BCUT2D eigenvalue weighted by atomic mass is 10.0. The van der Waals surface area contributed by atoms with Crippen LogP contribution in [0.3, 0.4) is 0 Å². The number of carboxylic acid groups (broad SMARTS) is 1. The number of nitrogens with zero attached hydrogens (tertiary/aromatic N) is 1. The van der Waals surface area contributed by atoms with Crippen molar-refractivity contribution in [2.75, 3.05) is 6.54 Å². The Bertz CT molecular complexity index is 360. The molecule has 0 aromatic heterocycles. The Hall–Kier alpha value is -1.26. The number of ether oxygens (including phenoxy) is 1. The fraction of sp³-hybridized carbons (Fsp3) is 0.846. The van der Waals surface area contributed by atoms with Crippen molar-refractivity contribution in [1.29, 1.82) is 0 Å². The van der Waals surface area contributed by atoms with Gasteiger partial charge in [0.25, 0.3) is 0 Å². The van der Waals surface area contributed by atoms with E-state index in [9.17, 15) is 9.59 Å². The molecule has 1 N–H and O–H groups in total. The molecule has 2 rings (SSSR count). The summed E-state index contributed by atoms with van der Waals surface area (Å²) in [6.07, 6.45) is 1.85. The van der Waals surface area contributed by atoms with Crippen molar-refractivity contribution in [3.8, 4) is 0 Å². The quantitative estimate of drug-likeness (QED) is 0.779. The number of likely N-dealkylation sites (tertiary alicyclic amines) is 1. The van der Waals surface area contributed by atoms with Gasteiger partial charge >= 0.3 is 12.1 Å². The third-order valence-electron chi connectivity index (χ3n) is 3.78. The molecular formula is C13H21NO4. The fourth-order valence-electron chi connectivity index (χ4n) is 3.01. The van der Waals surface area contributed by atoms with E-state index < -0.39 is 11.6 Å². The molecule has 2 aliphatic rings. The highest BCUT2D eigenvalue weighted by Crippen LogP contribution is 2.41. The topological polar surface area (TPSA) is 66.8 Å². The largest absolute Gasteiger partial charge is 0.481 e. The highest BCUT2D eigenvalue weighted by atomic mass is 16.6. The van der Waals surface area contributed by atoms with Gasteiger partial charge in [-0.15, -0.1) is 0 Å². The molecular weight excluding hydrogens is 234 g/mol. The molecule has 0 spiro atoms. The van der Waals surface area contributed by atoms with Crippen LogP contribution in [0.5, 0.6) is 0 Å². The third-order valence-corrected chi connectivity index (χ3v) is 3.78. The van der Waals surface area contributed by atoms with E-state index >= 15 is 0 Å². The molecule has 0 radical (unpaired) electrons. The van der Waals surface area contributed by atoms with E-state index in [4.69, 9.17) is 9.84 Å². The molecule has 1 amide bonds. The average molecular weight is 255 g/mol. The SMILES string of the molecule is CC(C)(C)OC(=O)N1CC[C@@H]2C[C@@H](C(=O)O)C[C@@H]21. The van der Waals surface area contributed by atoms with Crippen LogP contribution in [0.4, 0.5) is 4.79 Å². The van der Waals surface area contributed by atoms with E-state index in [0.717, 1.165) is 6.42 Å². The standard InChI is InChI=1S/C13H21NO4/c1-13(2,3)18-12(17)14-5-4-8-6-9(11(15)16)7-10(8)14/h8-10H,4-7H2,1-3H3,(H,15,16)/t8-,9-,10+/m1/s1. The number of aliphatic carboxylic acids is 1. The van der Waals surface area contributed by atoms with Crippen molar-refractivity contribution in [2.45, 2.75) is 51.7 Å². The van der Waals surface area contributed by atoms with Crippen LogP contribution in [0.2, 0.25) is 0 Å². The highest BCUT2D eigenvalue weighted by molar-refractivity contribution is 5.72. The number of carbonyl (C=O) groups is 2. The van der Waals surface area contributed by atoms with Gasteiger partial charge in [0, 0.05) is 12.6 Å². The maximum Gasteiger partial charge on any atom is 0.410 e. The van der Waals surface area contributed by atoms with Crippen molar-refractivity contribution in [2.24, 2.45) is 11.8 Å². The zero-order valence-corrected chi connectivity index (χ0v) is 11.2. The van der Waals surface area contributed by atoms with Gasteiger partial charge in [-0.3, -0.25) is 4.79 Å². The van der Waals surface area contributed by atoms with Crippen molar-refractivity contribution < 1.29 is 19.4 Å². The van der Waals surface area contributed by atoms with E-state index in [-0.39, 0.29) is 18.1 Å². The molecule has 1 heterocycles. The van der Waals surface area contributed by atoms with Crippen LogP contribution in [-0.4, -0.2) is 40.3 Å². The van der Waals surface area contributed by atoms with Crippen molar-refractivity contribution in [3.63, 3.8) is 0 Å². The lowest BCUT2D eigenvalue weighted by Crippen LogP contribution is -2.40. The van der Waals surface area contributed by atoms with Gasteiger partial charge in [-0.05, 0) is 46.0 Å². The molecule has 3 atom stereocenters. The maximum atomic E-state index is 12.0. The van der Waals surface area contributed by atoms with Crippen LogP contribution in [0.25, 0.3) is 0 Å². The molecule has 18 heavy (non-hydrogen) atoms. The second kappa shape index (κ2) is 4.44. The van der Waals surface area contributed by atoms with E-state index in [2.05, 4.69) is 0 Å². The predicted octanol–water partition coefficient (Wildman–Crippen LogP) is 2.11. The zero-order chi connectivity index (χ0) is 13.5. The zero-order valence-electron chi connectivity index (χ0n) is 11.2. The van der Waals surface area contributed by atoms with Gasteiger partial charge < -0.3 is 14.7 Å². The molecule has 0 unspecified atom stereocenters. The van der Waals surface area contributed by atoms with E-state index in [1.54, 1.807) is 4.90 Å². The Morgan fingerprint density at radius 2 is 1.94 bits per heavy atom. The number of amides is 1. The van der Waals surface area contributed by atoms with Gasteiger partial charge in [0.15, 0.2) is 0 Å². The minimum absolute atomic E-state index is 0.0564. The van der Waals surface area contributed by atoms with Crippen LogP contribution in [0.15, 0.2) is 0 Å². The number of rotatable bonds is 1. The summed E-state index contributed by atoms with van der Waals surface area (Å²) in [5, 5.41) is 9.05. The lowest BCUT2D eigenvalue weighted by Gasteiger charge is -2.28. The molecule has 102 valence electrons. The van der Waals surface area contributed by atoms with E-state index in [1.165, 1.54) is 0 Å². The van der Waals surface area contributed by atoms with Crippen molar-refractivity contribution in [1.82, 2.24) is 4.90 Å². The van der Waals surface area contributed by atoms with Gasteiger partial charge in [0.05, 0.1) is 5.92 Å². The molecule has 1 saturated heterocycles. The first kappa shape index (κ1) is 13.2. The van der Waals surface area contributed by atoms with Crippen LogP contribution in [-0.2, 0) is 9.53 Å². The Balaban J connectivity index is 2.00. The molecule has 5 heteroatoms. The first-order chi connectivity index (χ1) is 8.28. The third kappa shape index (κ3) is 2.60. The molecule has 1 saturated carbocycles. The first-order valence-electron chi connectivity index (χ1n) is 6.50. The lowest BCUT2D eigenvalue weighted by molar-refractivity contribution is -0.141.